The summed E-state index contributed by atoms with van der Waals surface area (Å²) >= 11 is 0. The number of aliphatic hydroxyl groups excluding tert-OH is 1. The highest BCUT2D eigenvalue weighted by Crippen LogP contribution is 2.50. The van der Waals surface area contributed by atoms with Crippen molar-refractivity contribution in [3.63, 3.8) is 0 Å². The molecule has 0 saturated heterocycles. The van der Waals surface area contributed by atoms with Crippen LogP contribution in [-0.4, -0.2) is 55.3 Å². The highest BCUT2D eigenvalue weighted by Gasteiger charge is 2.68. The van der Waals surface area contributed by atoms with Gasteiger partial charge in [-0.2, -0.15) is 48.3 Å². The van der Waals surface area contributed by atoms with E-state index in [0.29, 0.717) is 6.08 Å². The van der Waals surface area contributed by atoms with Gasteiger partial charge in [0, 0.05) is 6.08 Å². The van der Waals surface area contributed by atoms with Gasteiger partial charge >= 0.3 is 30.4 Å². The number of carbonyl (C=O) groups is 1. The van der Waals surface area contributed by atoms with Gasteiger partial charge in [0.15, 0.2) is 11.3 Å². The molecular weight excluding hydrogens is 453 g/mol. The van der Waals surface area contributed by atoms with Crippen LogP contribution in [0, 0.1) is 5.41 Å². The summed E-state index contributed by atoms with van der Waals surface area (Å²) in [5.74, 6) is -11.6. The molecule has 0 bridgehead atoms. The fourth-order valence-electron chi connectivity index (χ4n) is 1.82. The molecule has 1 atom stereocenters. The van der Waals surface area contributed by atoms with E-state index in [9.17, 15) is 58.2 Å². The number of aliphatic hydroxyl groups is 1. The van der Waals surface area contributed by atoms with Crippen LogP contribution in [0.1, 0.15) is 13.3 Å². The minimum absolute atomic E-state index is 0.466. The number of alkyl halides is 11. The molecule has 15 heteroatoms. The second-order valence-electron chi connectivity index (χ2n) is 5.88. The third kappa shape index (κ3) is 6.74. The van der Waals surface area contributed by atoms with Crippen molar-refractivity contribution in [2.24, 2.45) is 5.41 Å². The number of ether oxygens (including phenoxy) is 2. The maximum absolute atomic E-state index is 13.6. The third-order valence-corrected chi connectivity index (χ3v) is 3.73. The van der Waals surface area contributed by atoms with Crippen molar-refractivity contribution in [1.29, 1.82) is 0 Å². The lowest BCUT2D eigenvalue weighted by molar-refractivity contribution is -0.283. The summed E-state index contributed by atoms with van der Waals surface area (Å²) < 4.78 is 150. The van der Waals surface area contributed by atoms with Crippen molar-refractivity contribution < 1.29 is 67.7 Å². The Morgan fingerprint density at radius 2 is 1.33 bits per heavy atom. The average Bonchev–Trinajstić information content (AvgIpc) is 2.57. The Kier molecular flexibility index (Phi) is 8.74. The number of hydrogen-bond acceptors (Lipinski definition) is 4. The molecule has 0 aliphatic rings. The molecule has 4 nitrogen and oxygen atoms in total. The predicted octanol–water partition coefficient (Wildman–Crippen LogP) is 4.70. The summed E-state index contributed by atoms with van der Waals surface area (Å²) in [5.41, 5.74) is -6.31. The van der Waals surface area contributed by atoms with Crippen molar-refractivity contribution >= 4 is 5.97 Å². The summed E-state index contributed by atoms with van der Waals surface area (Å²) in [6, 6.07) is 0. The van der Waals surface area contributed by atoms with Crippen LogP contribution in [-0.2, 0) is 14.3 Å². The topological polar surface area (TPSA) is 55.8 Å². The Balaban J connectivity index is 6.48. The molecule has 0 saturated carbocycles. The first kappa shape index (κ1) is 27.9. The number of hydrogen-bond donors (Lipinski definition) is 1. The van der Waals surface area contributed by atoms with Crippen LogP contribution >= 0.6 is 0 Å². The molecule has 30 heavy (non-hydrogen) atoms. The minimum atomic E-state index is -6.88. The lowest BCUT2D eigenvalue weighted by Crippen LogP contribution is -2.45. The molecule has 0 aromatic carbocycles. The molecule has 1 N–H and O–H groups in total. The van der Waals surface area contributed by atoms with Crippen molar-refractivity contribution in [2.75, 3.05) is 19.8 Å². The molecular formula is C15H15F11O4. The molecule has 1 unspecified atom stereocenters. The standard InChI is InChI=1S/C15H15F11O4/c1-3-8(28)29-6-11(4-2,5-27)7-30-10(12(16,17)15(24,25)26)9(13(18,19)20)14(21,22)23/h3,27H,1,4-7H2,2H3. The van der Waals surface area contributed by atoms with E-state index in [1.54, 1.807) is 0 Å². The van der Waals surface area contributed by atoms with Crippen LogP contribution in [0.25, 0.3) is 0 Å². The fourth-order valence-corrected chi connectivity index (χ4v) is 1.82. The van der Waals surface area contributed by atoms with Crippen molar-refractivity contribution in [3.8, 4) is 0 Å². The first-order valence-electron chi connectivity index (χ1n) is 7.65. The summed E-state index contributed by atoms with van der Waals surface area (Å²) in [6.07, 6.45) is -20.2. The number of halogens is 11. The van der Waals surface area contributed by atoms with Gasteiger partial charge in [0.25, 0.3) is 0 Å². The average molecular weight is 468 g/mol. The summed E-state index contributed by atoms with van der Waals surface area (Å²) in [4.78, 5) is 11.1. The van der Waals surface area contributed by atoms with Gasteiger partial charge in [-0.05, 0) is 6.42 Å². The first-order chi connectivity index (χ1) is 13.3. The molecule has 0 heterocycles. The van der Waals surface area contributed by atoms with Gasteiger partial charge in [-0.1, -0.05) is 13.5 Å². The van der Waals surface area contributed by atoms with Crippen LogP contribution in [0.3, 0.4) is 0 Å². The Morgan fingerprint density at radius 1 is 0.900 bits per heavy atom. The maximum Gasteiger partial charge on any atom is 0.461 e. The van der Waals surface area contributed by atoms with Crippen LogP contribution in [0.15, 0.2) is 24.0 Å². The zero-order valence-corrected chi connectivity index (χ0v) is 14.9. The minimum Gasteiger partial charge on any atom is -0.490 e. The van der Waals surface area contributed by atoms with E-state index in [2.05, 4.69) is 16.1 Å². The van der Waals surface area contributed by atoms with E-state index < -0.39 is 73.4 Å². The molecule has 0 amide bonds. The molecule has 0 spiro atoms. The second-order valence-corrected chi connectivity index (χ2v) is 5.88. The number of carbonyl (C=O) groups excluding carboxylic acids is 1. The Hall–Kier alpha value is -2.06. The lowest BCUT2D eigenvalue weighted by atomic mass is 9.88. The molecule has 176 valence electrons. The Bertz CT molecular complexity index is 624. The van der Waals surface area contributed by atoms with Crippen molar-refractivity contribution in [1.82, 2.24) is 0 Å². The van der Waals surface area contributed by atoms with Crippen LogP contribution in [0.4, 0.5) is 48.3 Å². The Morgan fingerprint density at radius 3 is 1.63 bits per heavy atom. The summed E-state index contributed by atoms with van der Waals surface area (Å²) in [7, 11) is 0. The molecule has 0 fully saturated rings. The monoisotopic (exact) mass is 468 g/mol. The number of rotatable bonds is 9. The summed E-state index contributed by atoms with van der Waals surface area (Å²) in [6.45, 7) is 0.180. The second kappa shape index (κ2) is 9.39. The zero-order chi connectivity index (χ0) is 24.2. The predicted molar refractivity (Wildman–Crippen MR) is 77.1 cm³/mol. The zero-order valence-electron chi connectivity index (χ0n) is 14.9. The summed E-state index contributed by atoms with van der Waals surface area (Å²) in [5, 5.41) is 9.33. The van der Waals surface area contributed by atoms with E-state index in [1.165, 1.54) is 0 Å². The highest BCUT2D eigenvalue weighted by molar-refractivity contribution is 5.81. The van der Waals surface area contributed by atoms with Gasteiger partial charge in [0.05, 0.1) is 18.6 Å². The van der Waals surface area contributed by atoms with Gasteiger partial charge in [-0.15, -0.1) is 0 Å². The van der Waals surface area contributed by atoms with E-state index in [1.807, 2.05) is 0 Å². The van der Waals surface area contributed by atoms with Crippen LogP contribution < -0.4 is 0 Å². The fraction of sp³-hybridized carbons (Fsp3) is 0.667. The van der Waals surface area contributed by atoms with Crippen molar-refractivity contribution in [2.45, 2.75) is 37.8 Å². The van der Waals surface area contributed by atoms with Gasteiger partial charge in [0.1, 0.15) is 6.61 Å². The number of esters is 1. The van der Waals surface area contributed by atoms with Crippen LogP contribution in [0.2, 0.25) is 0 Å². The Labute approximate surface area is 161 Å². The van der Waals surface area contributed by atoms with Gasteiger partial charge in [0.2, 0.25) is 0 Å². The first-order valence-corrected chi connectivity index (χ1v) is 7.65. The van der Waals surface area contributed by atoms with Gasteiger partial charge in [-0.25, -0.2) is 4.79 Å². The molecule has 0 aliphatic heterocycles. The molecule has 0 rings (SSSR count). The lowest BCUT2D eigenvalue weighted by Gasteiger charge is -2.33. The number of allylic oxidation sites excluding steroid dienone is 2. The highest BCUT2D eigenvalue weighted by atomic mass is 19.4. The SMILES string of the molecule is C=CC(=O)OCC(CC)(CO)COC(=C(C(F)(F)F)C(F)(F)F)C(F)(F)C(F)(F)F. The van der Waals surface area contributed by atoms with Gasteiger partial charge in [-0.3, -0.25) is 0 Å². The quantitative estimate of drug-likeness (QED) is 0.231. The molecule has 0 radical (unpaired) electrons. The van der Waals surface area contributed by atoms with Gasteiger partial charge < -0.3 is 14.6 Å². The van der Waals surface area contributed by atoms with Crippen LogP contribution in [0.5, 0.6) is 0 Å². The van der Waals surface area contributed by atoms with E-state index in [4.69, 9.17) is 0 Å². The third-order valence-electron chi connectivity index (χ3n) is 3.73. The normalized spacial score (nSPS) is 15.2. The maximum atomic E-state index is 13.6. The molecule has 0 aliphatic carbocycles. The molecule has 0 aromatic rings. The van der Waals surface area contributed by atoms with E-state index in [-0.39, 0.29) is 0 Å². The van der Waals surface area contributed by atoms with Crippen molar-refractivity contribution in [3.05, 3.63) is 24.0 Å². The molecule has 0 aromatic heterocycles. The largest absolute Gasteiger partial charge is 0.490 e. The van der Waals surface area contributed by atoms with E-state index >= 15 is 0 Å². The van der Waals surface area contributed by atoms with E-state index in [0.717, 1.165) is 6.92 Å². The smallest absolute Gasteiger partial charge is 0.461 e.